The van der Waals surface area contributed by atoms with Gasteiger partial charge in [0.05, 0.1) is 0 Å². The van der Waals surface area contributed by atoms with Gasteiger partial charge in [-0.2, -0.15) is 0 Å². The van der Waals surface area contributed by atoms with E-state index in [0.29, 0.717) is 0 Å². The highest BCUT2D eigenvalue weighted by molar-refractivity contribution is 7.26. The topological polar surface area (TPSA) is 29.5 Å². The Morgan fingerprint density at radius 2 is 0.933 bits per heavy atom. The van der Waals surface area contributed by atoms with Crippen molar-refractivity contribution in [3.63, 3.8) is 0 Å². The number of para-hydroxylation sites is 2. The van der Waals surface area contributed by atoms with Crippen LogP contribution in [0.4, 0.5) is 17.1 Å². The van der Waals surface area contributed by atoms with Crippen LogP contribution in [0.1, 0.15) is 0 Å². The monoisotopic (exact) mass is 783 g/mol. The number of benzene rings is 10. The molecular weight excluding hydrogens is 751 g/mol. The summed E-state index contributed by atoms with van der Waals surface area (Å²) in [5.74, 6) is 0. The SMILES string of the molecule is c1ccc2c(c1)cc(-c1ccc(N(c3ccc(-c4cccc5c4oc4c5ccc5sc6ccccc6c54)cc3)c3ccc4c(c3)oc3ccccc34)cc1)c1ccccc12. The second-order valence-corrected chi connectivity index (χ2v) is 16.7. The van der Waals surface area contributed by atoms with Crippen LogP contribution >= 0.6 is 11.3 Å². The molecule has 0 N–H and O–H groups in total. The maximum Gasteiger partial charge on any atom is 0.144 e. The van der Waals surface area contributed by atoms with E-state index >= 15 is 0 Å². The Morgan fingerprint density at radius 3 is 1.75 bits per heavy atom. The minimum absolute atomic E-state index is 0.860. The molecule has 0 aliphatic rings. The van der Waals surface area contributed by atoms with E-state index in [1.54, 1.807) is 0 Å². The first-order valence-electron chi connectivity index (χ1n) is 20.3. The Bertz CT molecular complexity index is 3830. The summed E-state index contributed by atoms with van der Waals surface area (Å²) in [6.45, 7) is 0. The molecule has 10 aromatic carbocycles. The first-order chi connectivity index (χ1) is 29.7. The lowest BCUT2D eigenvalue weighted by atomic mass is 9.93. The number of rotatable bonds is 5. The largest absolute Gasteiger partial charge is 0.456 e. The van der Waals surface area contributed by atoms with E-state index in [1.165, 1.54) is 52.8 Å². The van der Waals surface area contributed by atoms with Gasteiger partial charge in [-0.15, -0.1) is 11.3 Å². The molecule has 0 bridgehead atoms. The summed E-state index contributed by atoms with van der Waals surface area (Å²) < 4.78 is 15.8. The van der Waals surface area contributed by atoms with Crippen molar-refractivity contribution in [3.05, 3.63) is 200 Å². The highest BCUT2D eigenvalue weighted by Crippen LogP contribution is 2.45. The number of nitrogens with zero attached hydrogens (tertiary/aromatic N) is 1. The number of anilines is 3. The van der Waals surface area contributed by atoms with Crippen molar-refractivity contribution >= 4 is 114 Å². The number of hydrogen-bond acceptors (Lipinski definition) is 4. The van der Waals surface area contributed by atoms with Crippen LogP contribution in [-0.2, 0) is 0 Å². The van der Waals surface area contributed by atoms with Crippen molar-refractivity contribution < 1.29 is 8.83 Å². The predicted octanol–water partition coefficient (Wildman–Crippen LogP) is 17.0. The number of thiophene rings is 1. The molecule has 13 rings (SSSR count). The predicted molar refractivity (Wildman–Crippen MR) is 254 cm³/mol. The highest BCUT2D eigenvalue weighted by atomic mass is 32.1. The van der Waals surface area contributed by atoms with Gasteiger partial charge in [0, 0.05) is 70.4 Å². The maximum absolute atomic E-state index is 6.88. The molecule has 3 nitrogen and oxygen atoms in total. The molecule has 4 heteroatoms. The van der Waals surface area contributed by atoms with E-state index in [0.717, 1.165) is 72.1 Å². The lowest BCUT2D eigenvalue weighted by Gasteiger charge is -2.26. The summed E-state index contributed by atoms with van der Waals surface area (Å²) in [7, 11) is 0. The van der Waals surface area contributed by atoms with Gasteiger partial charge in [-0.05, 0) is 105 Å². The van der Waals surface area contributed by atoms with Crippen molar-refractivity contribution in [3.8, 4) is 22.3 Å². The molecule has 0 atom stereocenters. The molecule has 0 aliphatic heterocycles. The van der Waals surface area contributed by atoms with Crippen molar-refractivity contribution in [2.45, 2.75) is 0 Å². The van der Waals surface area contributed by atoms with E-state index in [-0.39, 0.29) is 0 Å². The molecule has 0 saturated carbocycles. The lowest BCUT2D eigenvalue weighted by molar-refractivity contribution is 0.669. The van der Waals surface area contributed by atoms with Crippen LogP contribution in [0, 0.1) is 0 Å². The molecule has 60 heavy (non-hydrogen) atoms. The Labute approximate surface area is 348 Å². The van der Waals surface area contributed by atoms with Crippen LogP contribution < -0.4 is 4.90 Å². The van der Waals surface area contributed by atoms with E-state index in [9.17, 15) is 0 Å². The molecule has 0 aliphatic carbocycles. The summed E-state index contributed by atoms with van der Waals surface area (Å²) in [5, 5.41) is 12.0. The standard InChI is InChI=1S/C56H33NO2S/c1-2-11-40-36(10-1)32-49(43-13-4-3-12-42(40)43)35-22-26-38(27-23-35)57(39-28-29-45-44-14-5-7-18-50(44)58-51(45)33-39)37-24-20-34(21-25-37)41-16-9-17-46-47-30-31-53-54(56(47)59-55(41)46)48-15-6-8-19-52(48)60-53/h1-33H. The van der Waals surface area contributed by atoms with E-state index in [4.69, 9.17) is 8.83 Å². The maximum atomic E-state index is 6.88. The lowest BCUT2D eigenvalue weighted by Crippen LogP contribution is -2.09. The van der Waals surface area contributed by atoms with Gasteiger partial charge in [0.15, 0.2) is 0 Å². The van der Waals surface area contributed by atoms with Gasteiger partial charge in [0.2, 0.25) is 0 Å². The number of furan rings is 2. The Morgan fingerprint density at radius 1 is 0.333 bits per heavy atom. The first kappa shape index (κ1) is 33.3. The zero-order chi connectivity index (χ0) is 39.3. The molecule has 0 fully saturated rings. The highest BCUT2D eigenvalue weighted by Gasteiger charge is 2.20. The third kappa shape index (κ3) is 5.01. The summed E-state index contributed by atoms with van der Waals surface area (Å²) in [4.78, 5) is 2.32. The fourth-order valence-corrected chi connectivity index (χ4v) is 10.6. The van der Waals surface area contributed by atoms with Gasteiger partial charge in [-0.3, -0.25) is 0 Å². The van der Waals surface area contributed by atoms with Gasteiger partial charge in [-0.25, -0.2) is 0 Å². The Balaban J connectivity index is 0.943. The third-order valence-electron chi connectivity index (χ3n) is 12.3. The number of fused-ring (bicyclic) bond motifs is 13. The van der Waals surface area contributed by atoms with Crippen LogP contribution in [-0.4, -0.2) is 0 Å². The van der Waals surface area contributed by atoms with Crippen molar-refractivity contribution in [2.24, 2.45) is 0 Å². The average molecular weight is 784 g/mol. The summed E-state index contributed by atoms with van der Waals surface area (Å²) in [6.07, 6.45) is 0. The van der Waals surface area contributed by atoms with Crippen LogP contribution in [0.5, 0.6) is 0 Å². The van der Waals surface area contributed by atoms with Gasteiger partial charge in [-0.1, -0.05) is 127 Å². The van der Waals surface area contributed by atoms with Crippen molar-refractivity contribution in [2.75, 3.05) is 4.90 Å². The minimum Gasteiger partial charge on any atom is -0.456 e. The quantitative estimate of drug-likeness (QED) is 0.163. The molecule has 280 valence electrons. The van der Waals surface area contributed by atoms with Crippen LogP contribution in [0.3, 0.4) is 0 Å². The molecule has 13 aromatic rings. The van der Waals surface area contributed by atoms with E-state index in [2.05, 4.69) is 193 Å². The van der Waals surface area contributed by atoms with Crippen LogP contribution in [0.15, 0.2) is 209 Å². The summed E-state index contributed by atoms with van der Waals surface area (Å²) >= 11 is 1.82. The third-order valence-corrected chi connectivity index (χ3v) is 13.4. The van der Waals surface area contributed by atoms with Crippen LogP contribution in [0.2, 0.25) is 0 Å². The molecule has 3 aromatic heterocycles. The van der Waals surface area contributed by atoms with Crippen molar-refractivity contribution in [1.82, 2.24) is 0 Å². The first-order valence-corrected chi connectivity index (χ1v) is 21.1. The van der Waals surface area contributed by atoms with Crippen molar-refractivity contribution in [1.29, 1.82) is 0 Å². The van der Waals surface area contributed by atoms with Gasteiger partial charge in [0.25, 0.3) is 0 Å². The molecule has 3 heterocycles. The molecule has 0 amide bonds. The summed E-state index contributed by atoms with van der Waals surface area (Å²) in [6, 6.07) is 71.9. The smallest absolute Gasteiger partial charge is 0.144 e. The van der Waals surface area contributed by atoms with Crippen LogP contribution in [0.25, 0.3) is 108 Å². The average Bonchev–Trinajstić information content (AvgIpc) is 4.00. The van der Waals surface area contributed by atoms with Gasteiger partial charge in [0.1, 0.15) is 22.3 Å². The fraction of sp³-hybridized carbons (Fsp3) is 0. The minimum atomic E-state index is 0.860. The summed E-state index contributed by atoms with van der Waals surface area (Å²) in [5.41, 5.74) is 11.3. The van der Waals surface area contributed by atoms with Gasteiger partial charge < -0.3 is 13.7 Å². The molecule has 0 spiro atoms. The Hall–Kier alpha value is -7.66. The van der Waals surface area contributed by atoms with E-state index < -0.39 is 0 Å². The molecule has 0 saturated heterocycles. The van der Waals surface area contributed by atoms with E-state index in [1.807, 2.05) is 23.5 Å². The molecule has 0 unspecified atom stereocenters. The Kier molecular flexibility index (Phi) is 7.18. The second kappa shape index (κ2) is 12.9. The fourth-order valence-electron chi connectivity index (χ4n) is 9.47. The second-order valence-electron chi connectivity index (χ2n) is 15.6. The molecular formula is C56H33NO2S. The normalized spacial score (nSPS) is 12.0. The number of hydrogen-bond donors (Lipinski definition) is 0. The van der Waals surface area contributed by atoms with Gasteiger partial charge >= 0.3 is 0 Å². The zero-order valence-electron chi connectivity index (χ0n) is 32.2. The zero-order valence-corrected chi connectivity index (χ0v) is 33.0. The molecule has 0 radical (unpaired) electrons.